The van der Waals surface area contributed by atoms with Gasteiger partial charge in [0.05, 0.1) is 29.6 Å². The number of alkyl halides is 3. The maximum Gasteiger partial charge on any atom is 0.418 e. The van der Waals surface area contributed by atoms with Crippen LogP contribution in [0.4, 0.5) is 18.9 Å². The molecule has 0 spiro atoms. The van der Waals surface area contributed by atoms with E-state index < -0.39 is 40.9 Å². The number of nitrogens with zero attached hydrogens (tertiary/aromatic N) is 2. The standard InChI is InChI=1S/C22H22F3N3O4S/c1-11(2)9-32-21(31)17-12(3)16-19(33-17)26-10-28(20(16)30)13(4)18(29)27-15-8-6-5-7-14(15)22(23,24)25/h5-8,10-11,13H,9H2,1-4H3,(H,27,29). The van der Waals surface area contributed by atoms with Crippen molar-refractivity contribution in [3.05, 3.63) is 57.0 Å². The molecule has 33 heavy (non-hydrogen) atoms. The molecule has 0 aliphatic rings. The molecule has 7 nitrogen and oxygen atoms in total. The minimum absolute atomic E-state index is 0.140. The molecular weight excluding hydrogens is 459 g/mol. The number of amides is 1. The first-order chi connectivity index (χ1) is 15.4. The molecular formula is C22H22F3N3O4S. The first-order valence-electron chi connectivity index (χ1n) is 10.1. The number of carbonyl (C=O) groups excluding carboxylic acids is 2. The smallest absolute Gasteiger partial charge is 0.418 e. The molecule has 1 unspecified atom stereocenters. The third kappa shape index (κ3) is 5.08. The summed E-state index contributed by atoms with van der Waals surface area (Å²) in [7, 11) is 0. The highest BCUT2D eigenvalue weighted by Crippen LogP contribution is 2.35. The van der Waals surface area contributed by atoms with Crippen LogP contribution in [0, 0.1) is 12.8 Å². The van der Waals surface area contributed by atoms with Gasteiger partial charge in [-0.2, -0.15) is 13.2 Å². The number of anilines is 1. The number of halogens is 3. The van der Waals surface area contributed by atoms with Gasteiger partial charge in [-0.05, 0) is 37.5 Å². The van der Waals surface area contributed by atoms with Gasteiger partial charge in [-0.1, -0.05) is 26.0 Å². The van der Waals surface area contributed by atoms with Gasteiger partial charge in [0.15, 0.2) is 0 Å². The molecule has 1 aromatic carbocycles. The predicted octanol–water partition coefficient (Wildman–Crippen LogP) is 4.80. The third-order valence-electron chi connectivity index (χ3n) is 4.90. The fourth-order valence-electron chi connectivity index (χ4n) is 3.12. The number of nitrogens with one attached hydrogen (secondary N) is 1. The van der Waals surface area contributed by atoms with E-state index >= 15 is 0 Å². The summed E-state index contributed by atoms with van der Waals surface area (Å²) in [6.07, 6.45) is -3.51. The third-order valence-corrected chi connectivity index (χ3v) is 6.08. The highest BCUT2D eigenvalue weighted by Gasteiger charge is 2.34. The van der Waals surface area contributed by atoms with Gasteiger partial charge in [-0.25, -0.2) is 9.78 Å². The highest BCUT2D eigenvalue weighted by molar-refractivity contribution is 7.20. The Morgan fingerprint density at radius 1 is 1.21 bits per heavy atom. The lowest BCUT2D eigenvalue weighted by Crippen LogP contribution is -2.32. The predicted molar refractivity (Wildman–Crippen MR) is 119 cm³/mol. The molecule has 0 saturated heterocycles. The summed E-state index contributed by atoms with van der Waals surface area (Å²) < 4.78 is 45.9. The number of carbonyl (C=O) groups is 2. The number of aromatic nitrogens is 2. The lowest BCUT2D eigenvalue weighted by molar-refractivity contribution is -0.137. The number of para-hydroxylation sites is 1. The van der Waals surface area contributed by atoms with Gasteiger partial charge in [0, 0.05) is 0 Å². The number of fused-ring (bicyclic) bond motifs is 1. The van der Waals surface area contributed by atoms with Gasteiger partial charge in [-0.3, -0.25) is 14.2 Å². The van der Waals surface area contributed by atoms with Gasteiger partial charge in [0.1, 0.15) is 15.7 Å². The molecule has 1 atom stereocenters. The maximum absolute atomic E-state index is 13.2. The van der Waals surface area contributed by atoms with Gasteiger partial charge < -0.3 is 10.1 Å². The van der Waals surface area contributed by atoms with Crippen molar-refractivity contribution in [2.75, 3.05) is 11.9 Å². The van der Waals surface area contributed by atoms with Crippen LogP contribution in [0.1, 0.15) is 47.6 Å². The molecule has 0 bridgehead atoms. The molecule has 0 radical (unpaired) electrons. The van der Waals surface area contributed by atoms with Crippen LogP contribution < -0.4 is 10.9 Å². The van der Waals surface area contributed by atoms with E-state index in [1.165, 1.54) is 19.1 Å². The quantitative estimate of drug-likeness (QED) is 0.511. The average molecular weight is 481 g/mol. The van der Waals surface area contributed by atoms with Crippen molar-refractivity contribution in [2.24, 2.45) is 5.92 Å². The van der Waals surface area contributed by atoms with Crippen molar-refractivity contribution in [1.29, 1.82) is 0 Å². The molecule has 1 N–H and O–H groups in total. The SMILES string of the molecule is Cc1c(C(=O)OCC(C)C)sc2ncn(C(C)C(=O)Nc3ccccc3C(F)(F)F)c(=O)c12. The lowest BCUT2D eigenvalue weighted by Gasteiger charge is -2.17. The largest absolute Gasteiger partial charge is 0.461 e. The molecule has 0 aliphatic heterocycles. The number of hydrogen-bond donors (Lipinski definition) is 1. The van der Waals surface area contributed by atoms with E-state index in [9.17, 15) is 27.6 Å². The molecule has 0 fully saturated rings. The summed E-state index contributed by atoms with van der Waals surface area (Å²) in [5, 5.41) is 2.40. The lowest BCUT2D eigenvalue weighted by atomic mass is 10.1. The van der Waals surface area contributed by atoms with E-state index in [1.807, 2.05) is 13.8 Å². The summed E-state index contributed by atoms with van der Waals surface area (Å²) in [6, 6.07) is 3.41. The fourth-order valence-corrected chi connectivity index (χ4v) is 4.15. The van der Waals surface area contributed by atoms with Crippen molar-refractivity contribution in [3.63, 3.8) is 0 Å². The minimum Gasteiger partial charge on any atom is -0.461 e. The summed E-state index contributed by atoms with van der Waals surface area (Å²) in [5.41, 5.74) is -1.61. The van der Waals surface area contributed by atoms with E-state index in [0.717, 1.165) is 34.4 Å². The van der Waals surface area contributed by atoms with Crippen molar-refractivity contribution >= 4 is 39.1 Å². The first-order valence-corrected chi connectivity index (χ1v) is 10.9. The Kier molecular flexibility index (Phi) is 6.92. The molecule has 176 valence electrons. The zero-order chi connectivity index (χ0) is 24.5. The van der Waals surface area contributed by atoms with Crippen LogP contribution in [0.2, 0.25) is 0 Å². The van der Waals surface area contributed by atoms with E-state index in [0.29, 0.717) is 10.4 Å². The molecule has 0 aliphatic carbocycles. The van der Waals surface area contributed by atoms with Crippen LogP contribution in [-0.2, 0) is 15.7 Å². The zero-order valence-corrected chi connectivity index (χ0v) is 19.1. The van der Waals surface area contributed by atoms with Crippen molar-refractivity contribution in [2.45, 2.75) is 39.9 Å². The molecule has 2 aromatic heterocycles. The van der Waals surface area contributed by atoms with Gasteiger partial charge >= 0.3 is 12.1 Å². The van der Waals surface area contributed by atoms with E-state index in [1.54, 1.807) is 6.92 Å². The zero-order valence-electron chi connectivity index (χ0n) is 18.3. The number of thiophene rings is 1. The number of esters is 1. The van der Waals surface area contributed by atoms with Crippen LogP contribution in [0.5, 0.6) is 0 Å². The Labute approximate surface area is 191 Å². The molecule has 3 aromatic rings. The molecule has 11 heteroatoms. The topological polar surface area (TPSA) is 90.3 Å². The number of benzene rings is 1. The van der Waals surface area contributed by atoms with Crippen molar-refractivity contribution in [1.82, 2.24) is 9.55 Å². The number of hydrogen-bond acceptors (Lipinski definition) is 6. The van der Waals surface area contributed by atoms with E-state index in [2.05, 4.69) is 10.3 Å². The van der Waals surface area contributed by atoms with Crippen LogP contribution >= 0.6 is 11.3 Å². The molecule has 1 amide bonds. The van der Waals surface area contributed by atoms with Crippen LogP contribution in [0.3, 0.4) is 0 Å². The summed E-state index contributed by atoms with van der Waals surface area (Å²) in [4.78, 5) is 42.9. The van der Waals surface area contributed by atoms with Crippen LogP contribution in [0.15, 0.2) is 35.4 Å². The second-order valence-electron chi connectivity index (χ2n) is 7.89. The maximum atomic E-state index is 13.2. The van der Waals surface area contributed by atoms with Gasteiger partial charge in [-0.15, -0.1) is 11.3 Å². The monoisotopic (exact) mass is 481 g/mol. The second kappa shape index (κ2) is 9.34. The Morgan fingerprint density at radius 2 is 1.88 bits per heavy atom. The summed E-state index contributed by atoms with van der Waals surface area (Å²) in [6.45, 7) is 6.97. The second-order valence-corrected chi connectivity index (χ2v) is 8.89. The van der Waals surface area contributed by atoms with Crippen LogP contribution in [-0.4, -0.2) is 28.0 Å². The Balaban J connectivity index is 1.92. The van der Waals surface area contributed by atoms with Gasteiger partial charge in [0.25, 0.3) is 5.56 Å². The van der Waals surface area contributed by atoms with Crippen LogP contribution in [0.25, 0.3) is 10.2 Å². The number of ether oxygens (including phenoxy) is 1. The van der Waals surface area contributed by atoms with Crippen molar-refractivity contribution < 1.29 is 27.5 Å². The number of aryl methyl sites for hydroxylation is 1. The Bertz CT molecular complexity index is 1260. The molecule has 0 saturated carbocycles. The fraction of sp³-hybridized carbons (Fsp3) is 0.364. The summed E-state index contributed by atoms with van der Waals surface area (Å²) in [5.74, 6) is -1.25. The molecule has 2 heterocycles. The van der Waals surface area contributed by atoms with Gasteiger partial charge in [0.2, 0.25) is 5.91 Å². The first kappa shape index (κ1) is 24.4. The molecule has 3 rings (SSSR count). The Hall–Kier alpha value is -3.21. The summed E-state index contributed by atoms with van der Waals surface area (Å²) >= 11 is 1.01. The normalized spacial score (nSPS) is 12.7. The highest BCUT2D eigenvalue weighted by atomic mass is 32.1. The van der Waals surface area contributed by atoms with E-state index in [-0.39, 0.29) is 22.8 Å². The average Bonchev–Trinajstić information content (AvgIpc) is 3.08. The minimum atomic E-state index is -4.65. The number of rotatable bonds is 6. The van der Waals surface area contributed by atoms with E-state index in [4.69, 9.17) is 4.74 Å². The Morgan fingerprint density at radius 3 is 2.52 bits per heavy atom. The van der Waals surface area contributed by atoms with Crippen molar-refractivity contribution in [3.8, 4) is 0 Å².